The maximum absolute atomic E-state index is 10.5. The van der Waals surface area contributed by atoms with Crippen LogP contribution in [0, 0.1) is 0 Å². The molecule has 26 heavy (non-hydrogen) atoms. The van der Waals surface area contributed by atoms with Crippen molar-refractivity contribution in [2.24, 2.45) is 0 Å². The van der Waals surface area contributed by atoms with E-state index in [1.54, 1.807) is 12.1 Å². The third-order valence-corrected chi connectivity index (χ3v) is 2.95. The summed E-state index contributed by atoms with van der Waals surface area (Å²) in [7, 11) is 0. The van der Waals surface area contributed by atoms with Crippen LogP contribution in [0.1, 0.15) is 10.5 Å². The van der Waals surface area contributed by atoms with E-state index in [1.165, 1.54) is 0 Å². The SMILES string of the molecule is O=CNCCOCCOCCOCCOCCNc1ccc(C=O)nn1. The highest BCUT2D eigenvalue weighted by atomic mass is 16.6. The zero-order chi connectivity index (χ0) is 18.7. The van der Waals surface area contributed by atoms with Gasteiger partial charge in [0.15, 0.2) is 6.29 Å². The van der Waals surface area contributed by atoms with E-state index in [0.717, 1.165) is 0 Å². The van der Waals surface area contributed by atoms with Crippen LogP contribution in [0.25, 0.3) is 0 Å². The van der Waals surface area contributed by atoms with Gasteiger partial charge in [-0.25, -0.2) is 0 Å². The first-order valence-corrected chi connectivity index (χ1v) is 8.37. The van der Waals surface area contributed by atoms with Gasteiger partial charge in [0.1, 0.15) is 11.5 Å². The third kappa shape index (κ3) is 12.3. The third-order valence-electron chi connectivity index (χ3n) is 2.95. The second kappa shape index (κ2) is 16.3. The number of carbonyl (C=O) groups excluding carboxylic acids is 2. The molecule has 0 aliphatic rings. The van der Waals surface area contributed by atoms with Crippen molar-refractivity contribution in [3.8, 4) is 0 Å². The lowest BCUT2D eigenvalue weighted by Crippen LogP contribution is -2.19. The summed E-state index contributed by atoms with van der Waals surface area (Å²) in [4.78, 5) is 20.4. The van der Waals surface area contributed by atoms with Crippen LogP contribution in [-0.4, -0.2) is 88.8 Å². The molecule has 1 amide bonds. The molecule has 0 saturated carbocycles. The fourth-order valence-electron chi connectivity index (χ4n) is 1.70. The molecule has 0 aliphatic carbocycles. The van der Waals surface area contributed by atoms with Gasteiger partial charge in [-0.2, -0.15) is 0 Å². The number of hydrogen-bond acceptors (Lipinski definition) is 9. The summed E-state index contributed by atoms with van der Waals surface area (Å²) in [6, 6.07) is 3.28. The average molecular weight is 370 g/mol. The van der Waals surface area contributed by atoms with Gasteiger partial charge >= 0.3 is 0 Å². The highest BCUT2D eigenvalue weighted by Crippen LogP contribution is 1.99. The molecule has 2 N–H and O–H groups in total. The lowest BCUT2D eigenvalue weighted by molar-refractivity contribution is -0.109. The van der Waals surface area contributed by atoms with Crippen LogP contribution < -0.4 is 10.6 Å². The molecular weight excluding hydrogens is 344 g/mol. The van der Waals surface area contributed by atoms with E-state index >= 15 is 0 Å². The number of aromatic nitrogens is 2. The summed E-state index contributed by atoms with van der Waals surface area (Å²) in [6.07, 6.45) is 1.29. The van der Waals surface area contributed by atoms with Crippen molar-refractivity contribution in [3.05, 3.63) is 17.8 Å². The van der Waals surface area contributed by atoms with Crippen molar-refractivity contribution in [2.75, 3.05) is 71.3 Å². The maximum atomic E-state index is 10.5. The van der Waals surface area contributed by atoms with Crippen molar-refractivity contribution >= 4 is 18.5 Å². The van der Waals surface area contributed by atoms with E-state index in [9.17, 15) is 9.59 Å². The summed E-state index contributed by atoms with van der Waals surface area (Å²) >= 11 is 0. The zero-order valence-corrected chi connectivity index (χ0v) is 14.7. The molecule has 0 bridgehead atoms. The van der Waals surface area contributed by atoms with Gasteiger partial charge < -0.3 is 29.6 Å². The van der Waals surface area contributed by atoms with E-state index in [2.05, 4.69) is 20.8 Å². The molecule has 0 unspecified atom stereocenters. The summed E-state index contributed by atoms with van der Waals surface area (Å²) in [5, 5.41) is 13.1. The molecule has 0 aromatic carbocycles. The summed E-state index contributed by atoms with van der Waals surface area (Å²) in [5.41, 5.74) is 0.298. The number of carbonyl (C=O) groups is 2. The standard InChI is InChI=1S/C16H26N4O6/c21-13-15-1-2-16(20-19-15)18-4-6-24-8-10-26-12-11-25-9-7-23-5-3-17-14-22/h1-2,13-14H,3-12H2,(H,17,22)(H,18,20). The number of ether oxygens (including phenoxy) is 4. The van der Waals surface area contributed by atoms with Crippen molar-refractivity contribution in [1.29, 1.82) is 0 Å². The Kier molecular flexibility index (Phi) is 13.8. The average Bonchev–Trinajstić information content (AvgIpc) is 2.68. The molecule has 0 atom stereocenters. The Morgan fingerprint density at radius 1 is 0.769 bits per heavy atom. The predicted molar refractivity (Wildman–Crippen MR) is 93.3 cm³/mol. The number of hydrogen-bond donors (Lipinski definition) is 2. The zero-order valence-electron chi connectivity index (χ0n) is 14.7. The number of aldehydes is 1. The van der Waals surface area contributed by atoms with Crippen LogP contribution in [-0.2, 0) is 23.7 Å². The second-order valence-electron chi connectivity index (χ2n) is 4.91. The molecule has 0 fully saturated rings. The van der Waals surface area contributed by atoms with Crippen LogP contribution in [0.4, 0.5) is 5.82 Å². The van der Waals surface area contributed by atoms with Crippen molar-refractivity contribution in [1.82, 2.24) is 15.5 Å². The lowest BCUT2D eigenvalue weighted by atomic mass is 10.4. The molecule has 10 heteroatoms. The van der Waals surface area contributed by atoms with Crippen molar-refractivity contribution in [2.45, 2.75) is 0 Å². The molecule has 0 aliphatic heterocycles. The Hall–Kier alpha value is -2.14. The van der Waals surface area contributed by atoms with E-state index in [-0.39, 0.29) is 0 Å². The normalized spacial score (nSPS) is 10.5. The van der Waals surface area contributed by atoms with Crippen LogP contribution >= 0.6 is 0 Å². The second-order valence-corrected chi connectivity index (χ2v) is 4.91. The van der Waals surface area contributed by atoms with Crippen LogP contribution in [0.2, 0.25) is 0 Å². The molecule has 10 nitrogen and oxygen atoms in total. The Labute approximate surface area is 152 Å². The van der Waals surface area contributed by atoms with Gasteiger partial charge in [-0.3, -0.25) is 9.59 Å². The Morgan fingerprint density at radius 2 is 1.35 bits per heavy atom. The fraction of sp³-hybridized carbons (Fsp3) is 0.625. The number of nitrogens with one attached hydrogen (secondary N) is 2. The van der Waals surface area contributed by atoms with E-state index in [0.29, 0.717) is 90.2 Å². The minimum atomic E-state index is 0.298. The van der Waals surface area contributed by atoms with Gasteiger partial charge in [0, 0.05) is 13.1 Å². The monoisotopic (exact) mass is 370 g/mol. The largest absolute Gasteiger partial charge is 0.377 e. The van der Waals surface area contributed by atoms with Gasteiger partial charge in [-0.05, 0) is 12.1 Å². The van der Waals surface area contributed by atoms with Gasteiger partial charge in [-0.15, -0.1) is 10.2 Å². The molecule has 1 aromatic heterocycles. The molecule has 146 valence electrons. The first-order chi connectivity index (χ1) is 12.9. The van der Waals surface area contributed by atoms with Crippen molar-refractivity contribution < 1.29 is 28.5 Å². The Bertz CT molecular complexity index is 474. The van der Waals surface area contributed by atoms with E-state index in [4.69, 9.17) is 18.9 Å². The lowest BCUT2D eigenvalue weighted by Gasteiger charge is -2.08. The van der Waals surface area contributed by atoms with Crippen LogP contribution in [0.15, 0.2) is 12.1 Å². The molecule has 0 radical (unpaired) electrons. The molecule has 1 rings (SSSR count). The van der Waals surface area contributed by atoms with E-state index < -0.39 is 0 Å². The van der Waals surface area contributed by atoms with Gasteiger partial charge in [0.25, 0.3) is 0 Å². The Balaban J connectivity index is 1.78. The summed E-state index contributed by atoms with van der Waals surface area (Å²) in [5.74, 6) is 0.594. The molecule has 1 aromatic rings. The fourth-order valence-corrected chi connectivity index (χ4v) is 1.70. The van der Waals surface area contributed by atoms with Gasteiger partial charge in [-0.1, -0.05) is 0 Å². The minimum absolute atomic E-state index is 0.298. The quantitative estimate of drug-likeness (QED) is 0.260. The number of rotatable bonds is 18. The number of anilines is 1. The first-order valence-electron chi connectivity index (χ1n) is 8.37. The van der Waals surface area contributed by atoms with Crippen LogP contribution in [0.3, 0.4) is 0 Å². The maximum Gasteiger partial charge on any atom is 0.207 e. The molecule has 1 heterocycles. The highest BCUT2D eigenvalue weighted by Gasteiger charge is 1.96. The smallest absolute Gasteiger partial charge is 0.207 e. The minimum Gasteiger partial charge on any atom is -0.377 e. The van der Waals surface area contributed by atoms with Gasteiger partial charge in [0.2, 0.25) is 6.41 Å². The first kappa shape index (κ1) is 21.9. The predicted octanol–water partition coefficient (Wildman–Crippen LogP) is -0.487. The highest BCUT2D eigenvalue weighted by molar-refractivity contribution is 5.71. The number of nitrogens with zero attached hydrogens (tertiary/aromatic N) is 2. The van der Waals surface area contributed by atoms with Crippen LogP contribution in [0.5, 0.6) is 0 Å². The van der Waals surface area contributed by atoms with E-state index in [1.807, 2.05) is 0 Å². The molecule has 0 saturated heterocycles. The summed E-state index contributed by atoms with van der Waals surface area (Å²) < 4.78 is 21.3. The molecular formula is C16H26N4O6. The Morgan fingerprint density at radius 3 is 1.85 bits per heavy atom. The van der Waals surface area contributed by atoms with Crippen molar-refractivity contribution in [3.63, 3.8) is 0 Å². The number of amides is 1. The van der Waals surface area contributed by atoms with Gasteiger partial charge in [0.05, 0.1) is 52.9 Å². The topological polar surface area (TPSA) is 121 Å². The molecule has 0 spiro atoms. The summed E-state index contributed by atoms with van der Waals surface area (Å²) in [6.45, 7) is 5.01.